The zero-order chi connectivity index (χ0) is 19.2. The number of benzene rings is 1. The summed E-state index contributed by atoms with van der Waals surface area (Å²) in [5.41, 5.74) is 10.7. The third kappa shape index (κ3) is 2.77. The number of hydrogen-bond donors (Lipinski definition) is 3. The standard InChI is InChI=1S/C17H13F3N4O2/c1-7-9(3-2-4-11(7)25)12-13(21)15(16(22)26)24-10-5-8(17(18,19)20)6-23-14(10)12/h2-6,25H,21H2,1H3,(H2,22,26). The van der Waals surface area contributed by atoms with Gasteiger partial charge in [0.05, 0.1) is 22.3 Å². The Morgan fingerprint density at radius 1 is 1.27 bits per heavy atom. The number of carbonyl (C=O) groups excluding carboxylic acids is 1. The molecule has 0 saturated carbocycles. The van der Waals surface area contributed by atoms with Gasteiger partial charge in [0, 0.05) is 11.8 Å². The van der Waals surface area contributed by atoms with E-state index in [1.54, 1.807) is 13.0 Å². The molecule has 0 radical (unpaired) electrons. The molecular weight excluding hydrogens is 349 g/mol. The maximum Gasteiger partial charge on any atom is 0.417 e. The zero-order valence-electron chi connectivity index (χ0n) is 13.4. The minimum atomic E-state index is -4.63. The van der Waals surface area contributed by atoms with Crippen molar-refractivity contribution in [1.82, 2.24) is 9.97 Å². The third-order valence-electron chi connectivity index (χ3n) is 4.00. The molecular formula is C17H13F3N4O2. The lowest BCUT2D eigenvalue weighted by Crippen LogP contribution is -2.17. The number of rotatable bonds is 2. The van der Waals surface area contributed by atoms with Crippen molar-refractivity contribution in [2.75, 3.05) is 5.73 Å². The van der Waals surface area contributed by atoms with E-state index >= 15 is 0 Å². The minimum absolute atomic E-state index is 0.0422. The second-order valence-corrected chi connectivity index (χ2v) is 5.65. The Kier molecular flexibility index (Phi) is 3.94. The monoisotopic (exact) mass is 362 g/mol. The van der Waals surface area contributed by atoms with Gasteiger partial charge >= 0.3 is 6.18 Å². The highest BCUT2D eigenvalue weighted by molar-refractivity contribution is 6.07. The number of anilines is 1. The Balaban J connectivity index is 2.45. The summed E-state index contributed by atoms with van der Waals surface area (Å²) in [6, 6.07) is 5.36. The lowest BCUT2D eigenvalue weighted by atomic mass is 9.96. The molecule has 0 aliphatic carbocycles. The first kappa shape index (κ1) is 17.5. The summed E-state index contributed by atoms with van der Waals surface area (Å²) in [5, 5.41) is 9.94. The van der Waals surface area contributed by atoms with Crippen LogP contribution in [-0.2, 0) is 6.18 Å². The van der Waals surface area contributed by atoms with Crippen LogP contribution in [-0.4, -0.2) is 21.0 Å². The third-order valence-corrected chi connectivity index (χ3v) is 4.00. The fourth-order valence-electron chi connectivity index (χ4n) is 2.67. The molecule has 2 heterocycles. The van der Waals surface area contributed by atoms with Crippen LogP contribution in [0.1, 0.15) is 21.6 Å². The van der Waals surface area contributed by atoms with Crippen LogP contribution in [0.15, 0.2) is 30.5 Å². The predicted molar refractivity (Wildman–Crippen MR) is 89.3 cm³/mol. The van der Waals surface area contributed by atoms with E-state index in [-0.39, 0.29) is 33.7 Å². The van der Waals surface area contributed by atoms with E-state index in [4.69, 9.17) is 11.5 Å². The summed E-state index contributed by atoms with van der Waals surface area (Å²) in [6.45, 7) is 1.60. The number of phenolic OH excluding ortho intramolecular Hbond substituents is 1. The SMILES string of the molecule is Cc1c(O)cccc1-c1c(N)c(C(N)=O)nc2cc(C(F)(F)F)cnc12. The van der Waals surface area contributed by atoms with Crippen molar-refractivity contribution < 1.29 is 23.1 Å². The van der Waals surface area contributed by atoms with Crippen LogP contribution in [0.3, 0.4) is 0 Å². The Morgan fingerprint density at radius 2 is 1.96 bits per heavy atom. The maximum atomic E-state index is 13.0. The average molecular weight is 362 g/mol. The number of carbonyl (C=O) groups is 1. The predicted octanol–water partition coefficient (Wildman–Crippen LogP) is 3.01. The highest BCUT2D eigenvalue weighted by Gasteiger charge is 2.32. The quantitative estimate of drug-likeness (QED) is 0.648. The van der Waals surface area contributed by atoms with Crippen molar-refractivity contribution in [3.63, 3.8) is 0 Å². The summed E-state index contributed by atoms with van der Waals surface area (Å²) >= 11 is 0. The van der Waals surface area contributed by atoms with Gasteiger partial charge in [0.25, 0.3) is 5.91 Å². The Hall–Kier alpha value is -3.36. The summed E-state index contributed by atoms with van der Waals surface area (Å²) < 4.78 is 38.9. The molecule has 134 valence electrons. The van der Waals surface area contributed by atoms with Gasteiger partial charge in [-0.25, -0.2) is 4.98 Å². The molecule has 0 atom stereocenters. The molecule has 6 nitrogen and oxygen atoms in total. The largest absolute Gasteiger partial charge is 0.508 e. The molecule has 9 heteroatoms. The summed E-state index contributed by atoms with van der Waals surface area (Å²) in [5.74, 6) is -1.03. The number of primary amides is 1. The van der Waals surface area contributed by atoms with E-state index in [1.807, 2.05) is 0 Å². The minimum Gasteiger partial charge on any atom is -0.508 e. The van der Waals surface area contributed by atoms with Gasteiger partial charge in [-0.05, 0) is 30.2 Å². The molecule has 0 saturated heterocycles. The van der Waals surface area contributed by atoms with Crippen molar-refractivity contribution in [2.24, 2.45) is 5.73 Å². The molecule has 0 aliphatic heterocycles. The highest BCUT2D eigenvalue weighted by Crippen LogP contribution is 2.39. The van der Waals surface area contributed by atoms with Gasteiger partial charge in [-0.15, -0.1) is 0 Å². The smallest absolute Gasteiger partial charge is 0.417 e. The first-order chi connectivity index (χ1) is 12.1. The number of alkyl halides is 3. The van der Waals surface area contributed by atoms with Gasteiger partial charge < -0.3 is 16.6 Å². The van der Waals surface area contributed by atoms with E-state index in [2.05, 4.69) is 9.97 Å². The van der Waals surface area contributed by atoms with Gasteiger partial charge in [0.1, 0.15) is 5.75 Å². The second-order valence-electron chi connectivity index (χ2n) is 5.65. The van der Waals surface area contributed by atoms with Crippen LogP contribution in [0.2, 0.25) is 0 Å². The van der Waals surface area contributed by atoms with Crippen molar-refractivity contribution >= 4 is 22.6 Å². The Labute approximate surface area is 145 Å². The maximum absolute atomic E-state index is 13.0. The van der Waals surface area contributed by atoms with E-state index in [0.717, 1.165) is 6.07 Å². The fourth-order valence-corrected chi connectivity index (χ4v) is 2.67. The van der Waals surface area contributed by atoms with Crippen molar-refractivity contribution in [1.29, 1.82) is 0 Å². The molecule has 5 N–H and O–H groups in total. The first-order valence-electron chi connectivity index (χ1n) is 7.36. The number of halogens is 3. The van der Waals surface area contributed by atoms with E-state index in [1.165, 1.54) is 12.1 Å². The average Bonchev–Trinajstić information content (AvgIpc) is 2.56. The van der Waals surface area contributed by atoms with Crippen molar-refractivity contribution in [3.05, 3.63) is 47.3 Å². The molecule has 0 spiro atoms. The van der Waals surface area contributed by atoms with Crippen LogP contribution >= 0.6 is 0 Å². The van der Waals surface area contributed by atoms with Crippen LogP contribution in [0, 0.1) is 6.92 Å². The van der Waals surface area contributed by atoms with Crippen LogP contribution in [0.25, 0.3) is 22.2 Å². The van der Waals surface area contributed by atoms with Gasteiger partial charge in [-0.2, -0.15) is 13.2 Å². The van der Waals surface area contributed by atoms with Crippen LogP contribution in [0.4, 0.5) is 18.9 Å². The molecule has 26 heavy (non-hydrogen) atoms. The molecule has 3 aromatic rings. The summed E-state index contributed by atoms with van der Waals surface area (Å²) in [4.78, 5) is 19.4. The number of pyridine rings is 2. The van der Waals surface area contributed by atoms with Gasteiger partial charge in [0.15, 0.2) is 5.69 Å². The number of aromatic nitrogens is 2. The number of aromatic hydroxyl groups is 1. The lowest BCUT2D eigenvalue weighted by molar-refractivity contribution is -0.137. The number of nitrogens with zero attached hydrogens (tertiary/aromatic N) is 2. The molecule has 3 rings (SSSR count). The molecule has 0 unspecified atom stereocenters. The number of fused-ring (bicyclic) bond motifs is 1. The molecule has 1 amide bonds. The van der Waals surface area contributed by atoms with Gasteiger partial charge in [0.2, 0.25) is 0 Å². The number of nitrogens with two attached hydrogens (primary N) is 2. The lowest BCUT2D eigenvalue weighted by Gasteiger charge is -2.15. The molecule has 0 fully saturated rings. The van der Waals surface area contributed by atoms with Crippen molar-refractivity contribution in [2.45, 2.75) is 13.1 Å². The molecule has 2 aromatic heterocycles. The van der Waals surface area contributed by atoms with E-state index in [0.29, 0.717) is 17.3 Å². The molecule has 1 aromatic carbocycles. The van der Waals surface area contributed by atoms with Gasteiger partial charge in [-0.1, -0.05) is 12.1 Å². The normalized spacial score (nSPS) is 11.7. The molecule has 0 bridgehead atoms. The summed E-state index contributed by atoms with van der Waals surface area (Å²) in [6.07, 6.45) is -3.97. The first-order valence-corrected chi connectivity index (χ1v) is 7.36. The van der Waals surface area contributed by atoms with E-state index in [9.17, 15) is 23.1 Å². The van der Waals surface area contributed by atoms with Gasteiger partial charge in [-0.3, -0.25) is 9.78 Å². The molecule has 0 aliphatic rings. The second kappa shape index (κ2) is 5.87. The Bertz CT molecular complexity index is 1050. The fraction of sp³-hybridized carbons (Fsp3) is 0.118. The van der Waals surface area contributed by atoms with Crippen LogP contribution < -0.4 is 11.5 Å². The zero-order valence-corrected chi connectivity index (χ0v) is 13.4. The number of hydrogen-bond acceptors (Lipinski definition) is 5. The number of phenols is 1. The highest BCUT2D eigenvalue weighted by atomic mass is 19.4. The Morgan fingerprint density at radius 3 is 2.58 bits per heavy atom. The number of nitrogen functional groups attached to an aromatic ring is 1. The van der Waals surface area contributed by atoms with Crippen molar-refractivity contribution in [3.8, 4) is 16.9 Å². The van der Waals surface area contributed by atoms with E-state index < -0.39 is 17.6 Å². The summed E-state index contributed by atoms with van der Waals surface area (Å²) in [7, 11) is 0. The van der Waals surface area contributed by atoms with Crippen LogP contribution in [0.5, 0.6) is 5.75 Å². The topological polar surface area (TPSA) is 115 Å². The number of amides is 1.